The van der Waals surface area contributed by atoms with E-state index in [2.05, 4.69) is 20.7 Å². The molecule has 7 nitrogen and oxygen atoms in total. The predicted octanol–water partition coefficient (Wildman–Crippen LogP) is 5.49. The predicted molar refractivity (Wildman–Crippen MR) is 136 cm³/mol. The molecule has 3 aromatic carbocycles. The molecule has 0 radical (unpaired) electrons. The van der Waals surface area contributed by atoms with Gasteiger partial charge in [0.25, 0.3) is 5.91 Å². The van der Waals surface area contributed by atoms with E-state index in [0.29, 0.717) is 26.8 Å². The Morgan fingerprint density at radius 3 is 2.41 bits per heavy atom. The molecule has 4 aromatic rings. The first-order valence-corrected chi connectivity index (χ1v) is 11.8. The summed E-state index contributed by atoms with van der Waals surface area (Å²) in [6.45, 7) is 0. The number of nitrogens with one attached hydrogen (secondary N) is 1. The lowest BCUT2D eigenvalue weighted by atomic mass is 10.2. The summed E-state index contributed by atoms with van der Waals surface area (Å²) < 4.78 is 7.15. The minimum Gasteiger partial charge on any atom is -0.496 e. The largest absolute Gasteiger partial charge is 0.496 e. The van der Waals surface area contributed by atoms with E-state index in [0.717, 1.165) is 16.8 Å². The molecule has 0 saturated heterocycles. The second-order valence-corrected chi connectivity index (χ2v) is 8.76. The van der Waals surface area contributed by atoms with Gasteiger partial charge in [-0.1, -0.05) is 47.1 Å². The number of benzene rings is 3. The van der Waals surface area contributed by atoms with E-state index in [1.54, 1.807) is 31.4 Å². The fourth-order valence-electron chi connectivity index (χ4n) is 3.08. The lowest BCUT2D eigenvalue weighted by Gasteiger charge is -2.10. The molecule has 0 spiro atoms. The lowest BCUT2D eigenvalue weighted by molar-refractivity contribution is -0.118. The number of ether oxygens (including phenoxy) is 1. The van der Waals surface area contributed by atoms with E-state index >= 15 is 0 Å². The number of methoxy groups -OCH3 is 1. The minimum absolute atomic E-state index is 0.0929. The van der Waals surface area contributed by atoms with Crippen LogP contribution in [-0.2, 0) is 4.79 Å². The van der Waals surface area contributed by atoms with E-state index in [-0.39, 0.29) is 11.7 Å². The van der Waals surface area contributed by atoms with Gasteiger partial charge in [0.1, 0.15) is 5.75 Å². The van der Waals surface area contributed by atoms with Crippen molar-refractivity contribution in [3.8, 4) is 22.8 Å². The number of amides is 1. The van der Waals surface area contributed by atoms with Crippen molar-refractivity contribution < 1.29 is 9.53 Å². The normalized spacial score (nSPS) is 11.0. The highest BCUT2D eigenvalue weighted by Crippen LogP contribution is 2.29. The second kappa shape index (κ2) is 11.2. The van der Waals surface area contributed by atoms with Crippen molar-refractivity contribution in [2.75, 3.05) is 12.9 Å². The molecule has 0 aliphatic carbocycles. The number of carbonyl (C=O) groups is 1. The molecule has 0 atom stereocenters. The zero-order chi connectivity index (χ0) is 23.9. The van der Waals surface area contributed by atoms with Crippen LogP contribution in [0.3, 0.4) is 0 Å². The van der Waals surface area contributed by atoms with Crippen LogP contribution in [-0.4, -0.2) is 39.7 Å². The van der Waals surface area contributed by atoms with Gasteiger partial charge in [0, 0.05) is 26.9 Å². The second-order valence-electron chi connectivity index (χ2n) is 6.95. The van der Waals surface area contributed by atoms with Gasteiger partial charge in [-0.15, -0.1) is 10.2 Å². The maximum absolute atomic E-state index is 12.4. The van der Waals surface area contributed by atoms with Gasteiger partial charge in [-0.2, -0.15) is 5.10 Å². The Hall–Kier alpha value is -3.33. The number of hydrogen-bond acceptors (Lipinski definition) is 6. The molecule has 172 valence electrons. The zero-order valence-electron chi connectivity index (χ0n) is 18.0. The highest BCUT2D eigenvalue weighted by atomic mass is 35.5. The molecule has 0 fully saturated rings. The Morgan fingerprint density at radius 2 is 1.71 bits per heavy atom. The van der Waals surface area contributed by atoms with Gasteiger partial charge in [0.15, 0.2) is 11.0 Å². The van der Waals surface area contributed by atoms with Crippen LogP contribution in [0.25, 0.3) is 17.1 Å². The number of halogens is 2. The monoisotopic (exact) mass is 511 g/mol. The molecule has 4 rings (SSSR count). The molecule has 10 heteroatoms. The van der Waals surface area contributed by atoms with Gasteiger partial charge in [0.2, 0.25) is 0 Å². The molecule has 1 heterocycles. The Bertz CT molecular complexity index is 1310. The first-order valence-electron chi connectivity index (χ1n) is 10.1. The summed E-state index contributed by atoms with van der Waals surface area (Å²) in [6, 6.07) is 22.0. The van der Waals surface area contributed by atoms with Gasteiger partial charge in [-0.05, 0) is 60.7 Å². The minimum atomic E-state index is -0.283. The maximum Gasteiger partial charge on any atom is 0.250 e. The van der Waals surface area contributed by atoms with E-state index < -0.39 is 0 Å². The number of rotatable bonds is 8. The first kappa shape index (κ1) is 23.8. The molecule has 1 amide bonds. The maximum atomic E-state index is 12.4. The molecule has 0 aliphatic rings. The summed E-state index contributed by atoms with van der Waals surface area (Å²) in [6.07, 6.45) is 1.54. The summed E-state index contributed by atoms with van der Waals surface area (Å²) in [5.41, 5.74) is 4.94. The number of thioether (sulfide) groups is 1. The summed E-state index contributed by atoms with van der Waals surface area (Å²) >= 11 is 13.3. The van der Waals surface area contributed by atoms with E-state index in [9.17, 15) is 4.79 Å². The van der Waals surface area contributed by atoms with E-state index in [1.807, 2.05) is 53.1 Å². The molecule has 0 saturated carbocycles. The molecule has 34 heavy (non-hydrogen) atoms. The van der Waals surface area contributed by atoms with Crippen molar-refractivity contribution in [1.82, 2.24) is 20.2 Å². The first-order chi connectivity index (χ1) is 16.5. The quantitative estimate of drug-likeness (QED) is 0.192. The standard InChI is InChI=1S/C24H19Cl2N5O2S/c1-33-21-5-3-2-4-17(21)14-27-28-22(32)15-34-24-30-29-23(16-6-8-18(25)9-7-16)31(24)20-12-10-19(26)11-13-20/h2-14H,15H2,1H3,(H,28,32)/b27-14+. The van der Waals surface area contributed by atoms with Gasteiger partial charge in [-0.25, -0.2) is 5.43 Å². The third kappa shape index (κ3) is 5.77. The summed E-state index contributed by atoms with van der Waals surface area (Å²) in [7, 11) is 1.58. The van der Waals surface area contributed by atoms with Gasteiger partial charge < -0.3 is 4.74 Å². The number of hydrazone groups is 1. The highest BCUT2D eigenvalue weighted by molar-refractivity contribution is 7.99. The fourth-order valence-corrected chi connectivity index (χ4v) is 4.08. The van der Waals surface area contributed by atoms with Crippen LogP contribution in [0.1, 0.15) is 5.56 Å². The molecular formula is C24H19Cl2N5O2S. The smallest absolute Gasteiger partial charge is 0.250 e. The average molecular weight is 512 g/mol. The van der Waals surface area contributed by atoms with Gasteiger partial charge in [0.05, 0.1) is 19.1 Å². The number of carbonyl (C=O) groups excluding carboxylic acids is 1. The third-order valence-corrected chi connectivity index (χ3v) is 6.12. The van der Waals surface area contributed by atoms with Crippen molar-refractivity contribution in [2.24, 2.45) is 5.10 Å². The molecule has 0 aliphatic heterocycles. The molecular weight excluding hydrogens is 493 g/mol. The van der Waals surface area contributed by atoms with E-state index in [1.165, 1.54) is 18.0 Å². The number of para-hydroxylation sites is 1. The highest BCUT2D eigenvalue weighted by Gasteiger charge is 2.17. The van der Waals surface area contributed by atoms with Crippen molar-refractivity contribution >= 4 is 47.1 Å². The van der Waals surface area contributed by atoms with Gasteiger partial charge >= 0.3 is 0 Å². The number of nitrogens with zero attached hydrogens (tertiary/aromatic N) is 4. The molecule has 0 unspecified atom stereocenters. The lowest BCUT2D eigenvalue weighted by Crippen LogP contribution is -2.20. The van der Waals surface area contributed by atoms with E-state index in [4.69, 9.17) is 27.9 Å². The van der Waals surface area contributed by atoms with Crippen LogP contribution >= 0.6 is 35.0 Å². The van der Waals surface area contributed by atoms with Crippen LogP contribution in [0.4, 0.5) is 0 Å². The molecule has 1 aromatic heterocycles. The van der Waals surface area contributed by atoms with Crippen LogP contribution in [0, 0.1) is 0 Å². The third-order valence-electron chi connectivity index (χ3n) is 4.68. The van der Waals surface area contributed by atoms with Crippen LogP contribution in [0.15, 0.2) is 83.1 Å². The van der Waals surface area contributed by atoms with Crippen LogP contribution in [0.2, 0.25) is 10.0 Å². The van der Waals surface area contributed by atoms with Crippen molar-refractivity contribution in [2.45, 2.75) is 5.16 Å². The average Bonchev–Trinajstić information content (AvgIpc) is 3.28. The number of hydrogen-bond donors (Lipinski definition) is 1. The Labute approximate surface area is 210 Å². The topological polar surface area (TPSA) is 81.4 Å². The Kier molecular flexibility index (Phi) is 7.84. The SMILES string of the molecule is COc1ccccc1/C=N/NC(=O)CSc1nnc(-c2ccc(Cl)cc2)n1-c1ccc(Cl)cc1. The van der Waals surface area contributed by atoms with Crippen molar-refractivity contribution in [1.29, 1.82) is 0 Å². The molecule has 0 bridgehead atoms. The zero-order valence-corrected chi connectivity index (χ0v) is 20.3. The van der Waals surface area contributed by atoms with Crippen molar-refractivity contribution in [3.63, 3.8) is 0 Å². The number of aromatic nitrogens is 3. The summed E-state index contributed by atoms with van der Waals surface area (Å²) in [5, 5.41) is 14.5. The van der Waals surface area contributed by atoms with Crippen LogP contribution in [0.5, 0.6) is 5.75 Å². The summed E-state index contributed by atoms with van der Waals surface area (Å²) in [5.74, 6) is 1.10. The Balaban J connectivity index is 1.51. The Morgan fingerprint density at radius 1 is 1.03 bits per heavy atom. The molecule has 1 N–H and O–H groups in total. The van der Waals surface area contributed by atoms with Crippen LogP contribution < -0.4 is 10.2 Å². The van der Waals surface area contributed by atoms with Crippen molar-refractivity contribution in [3.05, 3.63) is 88.4 Å². The summed E-state index contributed by atoms with van der Waals surface area (Å²) in [4.78, 5) is 12.4. The van der Waals surface area contributed by atoms with Gasteiger partial charge in [-0.3, -0.25) is 9.36 Å². The fraction of sp³-hybridized carbons (Fsp3) is 0.0833.